The summed E-state index contributed by atoms with van der Waals surface area (Å²) in [6.07, 6.45) is 0. The maximum Gasteiger partial charge on any atom is 0.258 e. The summed E-state index contributed by atoms with van der Waals surface area (Å²) < 4.78 is 5.44. The fourth-order valence-corrected chi connectivity index (χ4v) is 2.87. The van der Waals surface area contributed by atoms with Gasteiger partial charge in [-0.2, -0.15) is 0 Å². The van der Waals surface area contributed by atoms with E-state index < -0.39 is 0 Å². The van der Waals surface area contributed by atoms with Crippen molar-refractivity contribution in [2.45, 2.75) is 26.8 Å². The summed E-state index contributed by atoms with van der Waals surface area (Å²) in [7, 11) is 0. The number of aryl methyl sites for hydroxylation is 2. The van der Waals surface area contributed by atoms with E-state index in [1.165, 1.54) is 5.56 Å². The lowest BCUT2D eigenvalue weighted by molar-refractivity contribution is -0.123. The van der Waals surface area contributed by atoms with Crippen molar-refractivity contribution >= 4 is 29.1 Å². The number of benzene rings is 2. The van der Waals surface area contributed by atoms with Crippen molar-refractivity contribution in [1.82, 2.24) is 5.32 Å². The Hall–Kier alpha value is -1.71. The lowest BCUT2D eigenvalue weighted by Gasteiger charge is -2.17. The van der Waals surface area contributed by atoms with Crippen LogP contribution in [0.25, 0.3) is 0 Å². The van der Waals surface area contributed by atoms with Crippen LogP contribution in [0.2, 0.25) is 10.0 Å². The minimum atomic E-state index is -0.205. The fraction of sp³-hybridized carbons (Fsp3) is 0.278. The zero-order valence-electron chi connectivity index (χ0n) is 13.3. The second-order valence-electron chi connectivity index (χ2n) is 5.51. The monoisotopic (exact) mass is 351 g/mol. The van der Waals surface area contributed by atoms with Crippen LogP contribution in [0, 0.1) is 13.8 Å². The van der Waals surface area contributed by atoms with Gasteiger partial charge in [0, 0.05) is 5.02 Å². The Labute approximate surface area is 146 Å². The zero-order chi connectivity index (χ0) is 17.0. The van der Waals surface area contributed by atoms with Crippen molar-refractivity contribution in [2.75, 3.05) is 6.61 Å². The van der Waals surface area contributed by atoms with Gasteiger partial charge in [0.15, 0.2) is 6.61 Å². The Bertz CT molecular complexity index is 716. The van der Waals surface area contributed by atoms with Crippen LogP contribution in [0.4, 0.5) is 0 Å². The van der Waals surface area contributed by atoms with Gasteiger partial charge in [-0.05, 0) is 50.1 Å². The molecule has 5 heteroatoms. The molecule has 2 rings (SSSR count). The number of hydrogen-bond acceptors (Lipinski definition) is 2. The summed E-state index contributed by atoms with van der Waals surface area (Å²) in [6.45, 7) is 5.93. The summed E-state index contributed by atoms with van der Waals surface area (Å²) in [5.41, 5.74) is 3.44. The molecule has 0 bridgehead atoms. The maximum atomic E-state index is 12.1. The smallest absolute Gasteiger partial charge is 0.258 e. The van der Waals surface area contributed by atoms with Crippen LogP contribution in [0.15, 0.2) is 36.4 Å². The maximum absolute atomic E-state index is 12.1. The van der Waals surface area contributed by atoms with Gasteiger partial charge in [-0.3, -0.25) is 4.79 Å². The molecule has 0 spiro atoms. The van der Waals surface area contributed by atoms with E-state index in [1.54, 1.807) is 18.2 Å². The van der Waals surface area contributed by atoms with E-state index >= 15 is 0 Å². The largest absolute Gasteiger partial charge is 0.482 e. The zero-order valence-corrected chi connectivity index (χ0v) is 14.8. The molecule has 0 saturated carbocycles. The molecule has 1 amide bonds. The third-order valence-corrected chi connectivity index (χ3v) is 4.05. The predicted molar refractivity (Wildman–Crippen MR) is 94.4 cm³/mol. The molecule has 2 aromatic rings. The first-order chi connectivity index (χ1) is 10.9. The highest BCUT2D eigenvalue weighted by molar-refractivity contribution is 6.35. The summed E-state index contributed by atoms with van der Waals surface area (Å²) in [6, 6.07) is 11.0. The molecule has 23 heavy (non-hydrogen) atoms. The lowest BCUT2D eigenvalue weighted by atomic mass is 10.0. The number of ether oxygens (including phenoxy) is 1. The number of hydrogen-bond donors (Lipinski definition) is 1. The minimum absolute atomic E-state index is 0.0904. The second-order valence-corrected chi connectivity index (χ2v) is 6.36. The van der Waals surface area contributed by atoms with Gasteiger partial charge in [-0.25, -0.2) is 0 Å². The van der Waals surface area contributed by atoms with E-state index in [0.717, 1.165) is 11.1 Å². The highest BCUT2D eigenvalue weighted by Gasteiger charge is 2.13. The summed E-state index contributed by atoms with van der Waals surface area (Å²) in [4.78, 5) is 12.1. The molecular weight excluding hydrogens is 333 g/mol. The third kappa shape index (κ3) is 4.88. The summed E-state index contributed by atoms with van der Waals surface area (Å²) in [5, 5.41) is 3.83. The molecule has 0 fully saturated rings. The van der Waals surface area contributed by atoms with Crippen LogP contribution < -0.4 is 10.1 Å². The minimum Gasteiger partial charge on any atom is -0.482 e. The highest BCUT2D eigenvalue weighted by Crippen LogP contribution is 2.27. The van der Waals surface area contributed by atoms with Gasteiger partial charge in [0.2, 0.25) is 0 Å². The standard InChI is InChI=1S/C18H19Cl2NO2/c1-11-4-6-15(12(2)8-11)13(3)21-18(22)10-23-17-7-5-14(19)9-16(17)20/h4-9,13H,10H2,1-3H3,(H,21,22)/t13-/m0/s1. The van der Waals surface area contributed by atoms with Crippen LogP contribution in [-0.4, -0.2) is 12.5 Å². The number of nitrogens with one attached hydrogen (secondary N) is 1. The highest BCUT2D eigenvalue weighted by atomic mass is 35.5. The molecule has 0 unspecified atom stereocenters. The van der Waals surface area contributed by atoms with Gasteiger partial charge in [0.1, 0.15) is 5.75 Å². The van der Waals surface area contributed by atoms with Gasteiger partial charge in [0.25, 0.3) is 5.91 Å². The molecule has 1 N–H and O–H groups in total. The Balaban J connectivity index is 1.93. The molecule has 0 aromatic heterocycles. The second kappa shape index (κ2) is 7.71. The van der Waals surface area contributed by atoms with Crippen molar-refractivity contribution < 1.29 is 9.53 Å². The molecule has 0 aliphatic heterocycles. The van der Waals surface area contributed by atoms with Crippen LogP contribution in [0.1, 0.15) is 29.7 Å². The molecule has 3 nitrogen and oxygen atoms in total. The number of amides is 1. The van der Waals surface area contributed by atoms with Crippen molar-refractivity contribution in [3.63, 3.8) is 0 Å². The number of halogens is 2. The lowest BCUT2D eigenvalue weighted by Crippen LogP contribution is -2.31. The molecule has 0 aliphatic carbocycles. The third-order valence-electron chi connectivity index (χ3n) is 3.52. The first kappa shape index (κ1) is 17.6. The topological polar surface area (TPSA) is 38.3 Å². The Morgan fingerprint density at radius 3 is 2.57 bits per heavy atom. The Morgan fingerprint density at radius 1 is 1.17 bits per heavy atom. The molecule has 1 atom stereocenters. The van der Waals surface area contributed by atoms with Gasteiger partial charge < -0.3 is 10.1 Å². The first-order valence-corrected chi connectivity index (χ1v) is 8.07. The van der Waals surface area contributed by atoms with Crippen LogP contribution in [-0.2, 0) is 4.79 Å². The van der Waals surface area contributed by atoms with Gasteiger partial charge in [0.05, 0.1) is 11.1 Å². The van der Waals surface area contributed by atoms with Crippen LogP contribution in [0.5, 0.6) is 5.75 Å². The van der Waals surface area contributed by atoms with E-state index in [0.29, 0.717) is 15.8 Å². The number of carbonyl (C=O) groups excluding carboxylic acids is 1. The molecule has 122 valence electrons. The average molecular weight is 352 g/mol. The van der Waals surface area contributed by atoms with E-state index in [4.69, 9.17) is 27.9 Å². The molecule has 0 aliphatic rings. The van der Waals surface area contributed by atoms with Crippen molar-refractivity contribution in [2.24, 2.45) is 0 Å². The Morgan fingerprint density at radius 2 is 1.91 bits per heavy atom. The SMILES string of the molecule is Cc1ccc([C@H](C)NC(=O)COc2ccc(Cl)cc2Cl)c(C)c1. The van der Waals surface area contributed by atoms with Crippen molar-refractivity contribution in [1.29, 1.82) is 0 Å². The van der Waals surface area contributed by atoms with E-state index in [9.17, 15) is 4.79 Å². The quantitative estimate of drug-likeness (QED) is 0.834. The molecular formula is C18H19Cl2NO2. The molecule has 2 aromatic carbocycles. The summed E-state index contributed by atoms with van der Waals surface area (Å²) >= 11 is 11.8. The normalized spacial score (nSPS) is 11.9. The van der Waals surface area contributed by atoms with E-state index in [2.05, 4.69) is 11.4 Å². The Kier molecular flexibility index (Phi) is 5.91. The molecule has 0 heterocycles. The van der Waals surface area contributed by atoms with Gasteiger partial charge in [-0.1, -0.05) is 47.0 Å². The van der Waals surface area contributed by atoms with E-state index in [-0.39, 0.29) is 18.6 Å². The average Bonchev–Trinajstić information content (AvgIpc) is 2.46. The summed E-state index contributed by atoms with van der Waals surface area (Å²) in [5.74, 6) is 0.230. The van der Waals surface area contributed by atoms with Gasteiger partial charge in [-0.15, -0.1) is 0 Å². The predicted octanol–water partition coefficient (Wildman–Crippen LogP) is 4.87. The van der Waals surface area contributed by atoms with Crippen molar-refractivity contribution in [3.8, 4) is 5.75 Å². The fourth-order valence-electron chi connectivity index (χ4n) is 2.41. The molecule has 0 saturated heterocycles. The first-order valence-electron chi connectivity index (χ1n) is 7.31. The van der Waals surface area contributed by atoms with Crippen LogP contribution >= 0.6 is 23.2 Å². The number of rotatable bonds is 5. The van der Waals surface area contributed by atoms with Gasteiger partial charge >= 0.3 is 0 Å². The van der Waals surface area contributed by atoms with Crippen LogP contribution in [0.3, 0.4) is 0 Å². The van der Waals surface area contributed by atoms with Crippen molar-refractivity contribution in [3.05, 3.63) is 63.1 Å². The van der Waals surface area contributed by atoms with E-state index in [1.807, 2.05) is 32.9 Å². The molecule has 0 radical (unpaired) electrons. The number of carbonyl (C=O) groups is 1.